The van der Waals surface area contributed by atoms with Gasteiger partial charge in [-0.25, -0.2) is 0 Å². The average molecular weight is 422 g/mol. The fraction of sp³-hybridized carbons (Fsp3) is 0.238. The van der Waals surface area contributed by atoms with Gasteiger partial charge in [0.2, 0.25) is 0 Å². The van der Waals surface area contributed by atoms with Crippen molar-refractivity contribution in [2.75, 3.05) is 0 Å². The molecule has 29 heavy (non-hydrogen) atoms. The summed E-state index contributed by atoms with van der Waals surface area (Å²) >= 11 is 6.20. The van der Waals surface area contributed by atoms with Crippen molar-refractivity contribution < 1.29 is 18.0 Å². The van der Waals surface area contributed by atoms with Crippen LogP contribution in [-0.4, -0.2) is 15.7 Å². The number of carbonyl (C=O) groups excluding carboxylic acids is 1. The van der Waals surface area contributed by atoms with E-state index in [4.69, 9.17) is 11.6 Å². The molecule has 0 aliphatic rings. The van der Waals surface area contributed by atoms with Crippen LogP contribution in [0.25, 0.3) is 0 Å². The van der Waals surface area contributed by atoms with E-state index in [2.05, 4.69) is 10.4 Å². The zero-order valence-electron chi connectivity index (χ0n) is 15.8. The number of hydrogen-bond acceptors (Lipinski definition) is 2. The number of aromatic nitrogens is 2. The predicted molar refractivity (Wildman–Crippen MR) is 105 cm³/mol. The van der Waals surface area contributed by atoms with Gasteiger partial charge in [0.15, 0.2) is 0 Å². The van der Waals surface area contributed by atoms with Crippen molar-refractivity contribution in [3.05, 3.63) is 87.2 Å². The lowest BCUT2D eigenvalue weighted by molar-refractivity contribution is -0.137. The lowest BCUT2D eigenvalue weighted by atomic mass is 10.1. The van der Waals surface area contributed by atoms with E-state index in [1.165, 1.54) is 12.1 Å². The van der Waals surface area contributed by atoms with Crippen molar-refractivity contribution in [1.29, 1.82) is 0 Å². The van der Waals surface area contributed by atoms with Gasteiger partial charge in [0, 0.05) is 17.3 Å². The fourth-order valence-electron chi connectivity index (χ4n) is 3.10. The summed E-state index contributed by atoms with van der Waals surface area (Å²) in [5.41, 5.74) is 2.09. The van der Waals surface area contributed by atoms with Crippen LogP contribution in [0.1, 0.15) is 38.4 Å². The standard InChI is InChI=1S/C21H19ClF3N3O/c1-13-19(14(2)28(27-13)12-16-7-3-4-9-18(16)22)20(29)26-11-15-6-5-8-17(10-15)21(23,24)25/h3-10H,11-12H2,1-2H3,(H,26,29). The highest BCUT2D eigenvalue weighted by Gasteiger charge is 2.30. The summed E-state index contributed by atoms with van der Waals surface area (Å²) in [6.45, 7) is 3.88. The maximum absolute atomic E-state index is 12.8. The molecule has 152 valence electrons. The number of halogens is 4. The van der Waals surface area contributed by atoms with Gasteiger partial charge in [0.25, 0.3) is 5.91 Å². The van der Waals surface area contributed by atoms with Gasteiger partial charge in [-0.05, 0) is 43.2 Å². The van der Waals surface area contributed by atoms with Crippen LogP contribution >= 0.6 is 11.6 Å². The molecule has 0 radical (unpaired) electrons. The summed E-state index contributed by atoms with van der Waals surface area (Å²) < 4.78 is 40.2. The van der Waals surface area contributed by atoms with Crippen LogP contribution < -0.4 is 5.32 Å². The Labute approximate surface area is 171 Å². The van der Waals surface area contributed by atoms with Gasteiger partial charge in [-0.1, -0.05) is 41.9 Å². The topological polar surface area (TPSA) is 46.9 Å². The minimum absolute atomic E-state index is 0.0165. The predicted octanol–water partition coefficient (Wildman–Crippen LogP) is 5.15. The van der Waals surface area contributed by atoms with E-state index in [9.17, 15) is 18.0 Å². The first kappa shape index (κ1) is 20.9. The molecule has 8 heteroatoms. The first-order valence-electron chi connectivity index (χ1n) is 8.88. The maximum Gasteiger partial charge on any atom is 0.416 e. The van der Waals surface area contributed by atoms with Crippen LogP contribution in [0, 0.1) is 13.8 Å². The molecule has 1 aromatic heterocycles. The van der Waals surface area contributed by atoms with E-state index in [1.807, 2.05) is 18.2 Å². The zero-order chi connectivity index (χ0) is 21.2. The highest BCUT2D eigenvalue weighted by atomic mass is 35.5. The van der Waals surface area contributed by atoms with Crippen molar-refractivity contribution in [3.8, 4) is 0 Å². The Morgan fingerprint density at radius 2 is 1.86 bits per heavy atom. The van der Waals surface area contributed by atoms with E-state index >= 15 is 0 Å². The van der Waals surface area contributed by atoms with Gasteiger partial charge in [0.05, 0.1) is 23.4 Å². The molecule has 3 aromatic rings. The lowest BCUT2D eigenvalue weighted by Gasteiger charge is -2.10. The monoisotopic (exact) mass is 421 g/mol. The molecule has 0 aliphatic carbocycles. The first-order chi connectivity index (χ1) is 13.7. The van der Waals surface area contributed by atoms with Crippen molar-refractivity contribution in [3.63, 3.8) is 0 Å². The second-order valence-electron chi connectivity index (χ2n) is 6.68. The van der Waals surface area contributed by atoms with Crippen molar-refractivity contribution in [1.82, 2.24) is 15.1 Å². The van der Waals surface area contributed by atoms with Gasteiger partial charge in [-0.2, -0.15) is 18.3 Å². The van der Waals surface area contributed by atoms with Gasteiger partial charge in [-0.3, -0.25) is 9.48 Å². The lowest BCUT2D eigenvalue weighted by Crippen LogP contribution is -2.24. The largest absolute Gasteiger partial charge is 0.416 e. The molecule has 3 rings (SSSR count). The summed E-state index contributed by atoms with van der Waals surface area (Å²) in [6.07, 6.45) is -4.42. The van der Waals surface area contributed by atoms with Crippen LogP contribution in [0.5, 0.6) is 0 Å². The van der Waals surface area contributed by atoms with Gasteiger partial charge in [-0.15, -0.1) is 0 Å². The van der Waals surface area contributed by atoms with Gasteiger partial charge < -0.3 is 5.32 Å². The number of rotatable bonds is 5. The van der Waals surface area contributed by atoms with E-state index in [1.54, 1.807) is 24.6 Å². The third-order valence-electron chi connectivity index (χ3n) is 4.59. The third kappa shape index (κ3) is 4.79. The number of carbonyl (C=O) groups is 1. The quantitative estimate of drug-likeness (QED) is 0.619. The number of benzene rings is 2. The molecular weight excluding hydrogens is 403 g/mol. The second kappa shape index (κ2) is 8.29. The van der Waals surface area contributed by atoms with Crippen molar-refractivity contribution in [2.45, 2.75) is 33.1 Å². The number of alkyl halides is 3. The Bertz CT molecular complexity index is 1040. The molecule has 0 atom stereocenters. The zero-order valence-corrected chi connectivity index (χ0v) is 16.6. The van der Waals surface area contributed by atoms with Gasteiger partial charge in [0.1, 0.15) is 0 Å². The smallest absolute Gasteiger partial charge is 0.348 e. The molecule has 0 saturated carbocycles. The molecule has 0 saturated heterocycles. The van der Waals surface area contributed by atoms with E-state index in [-0.39, 0.29) is 12.5 Å². The molecule has 1 amide bonds. The summed E-state index contributed by atoms with van der Waals surface area (Å²) in [7, 11) is 0. The summed E-state index contributed by atoms with van der Waals surface area (Å²) in [5, 5.41) is 7.70. The van der Waals surface area contributed by atoms with Crippen LogP contribution in [0.2, 0.25) is 5.02 Å². The Hall–Kier alpha value is -2.80. The second-order valence-corrected chi connectivity index (χ2v) is 7.08. The van der Waals surface area contributed by atoms with E-state index in [0.29, 0.717) is 34.1 Å². The minimum Gasteiger partial charge on any atom is -0.348 e. The Morgan fingerprint density at radius 3 is 2.55 bits per heavy atom. The molecular formula is C21H19ClF3N3O. The van der Waals surface area contributed by atoms with Gasteiger partial charge >= 0.3 is 6.18 Å². The average Bonchev–Trinajstić information content (AvgIpc) is 2.94. The summed E-state index contributed by atoms with van der Waals surface area (Å²) in [5.74, 6) is -0.386. The maximum atomic E-state index is 12.8. The number of nitrogens with one attached hydrogen (secondary N) is 1. The minimum atomic E-state index is -4.42. The molecule has 0 bridgehead atoms. The molecule has 4 nitrogen and oxygen atoms in total. The molecule has 1 N–H and O–H groups in total. The van der Waals surface area contributed by atoms with E-state index in [0.717, 1.165) is 17.7 Å². The Kier molecular flexibility index (Phi) is 5.98. The Balaban J connectivity index is 1.75. The summed E-state index contributed by atoms with van der Waals surface area (Å²) in [6, 6.07) is 12.3. The molecule has 0 aliphatic heterocycles. The van der Waals surface area contributed by atoms with Crippen molar-refractivity contribution >= 4 is 17.5 Å². The SMILES string of the molecule is Cc1nn(Cc2ccccc2Cl)c(C)c1C(=O)NCc1cccc(C(F)(F)F)c1. The van der Waals surface area contributed by atoms with Crippen LogP contribution in [0.3, 0.4) is 0 Å². The van der Waals surface area contributed by atoms with E-state index < -0.39 is 11.7 Å². The third-order valence-corrected chi connectivity index (χ3v) is 4.96. The van der Waals surface area contributed by atoms with Crippen molar-refractivity contribution in [2.24, 2.45) is 0 Å². The highest BCUT2D eigenvalue weighted by molar-refractivity contribution is 6.31. The number of nitrogens with zero attached hydrogens (tertiary/aromatic N) is 2. The molecule has 1 heterocycles. The normalized spacial score (nSPS) is 11.5. The number of hydrogen-bond donors (Lipinski definition) is 1. The number of aryl methyl sites for hydroxylation is 1. The first-order valence-corrected chi connectivity index (χ1v) is 9.26. The molecule has 0 spiro atoms. The highest BCUT2D eigenvalue weighted by Crippen LogP contribution is 2.29. The molecule has 0 fully saturated rings. The molecule has 2 aromatic carbocycles. The van der Waals surface area contributed by atoms with Crippen LogP contribution in [0.15, 0.2) is 48.5 Å². The fourth-order valence-corrected chi connectivity index (χ4v) is 3.29. The summed E-state index contributed by atoms with van der Waals surface area (Å²) in [4.78, 5) is 12.7. The molecule has 0 unspecified atom stereocenters. The van der Waals surface area contributed by atoms with Crippen LogP contribution in [0.4, 0.5) is 13.2 Å². The number of amides is 1. The van der Waals surface area contributed by atoms with Crippen LogP contribution in [-0.2, 0) is 19.3 Å². The Morgan fingerprint density at radius 1 is 1.14 bits per heavy atom.